The highest BCUT2D eigenvalue weighted by atomic mass is 32.1. The van der Waals surface area contributed by atoms with Crippen molar-refractivity contribution in [2.45, 2.75) is 0 Å². The Morgan fingerprint density at radius 3 is 1.92 bits per heavy atom. The van der Waals surface area contributed by atoms with E-state index in [2.05, 4.69) is 121 Å². The number of benzene rings is 8. The number of hydrogen-bond donors (Lipinski definition) is 0. The number of rotatable bonds is 4. The van der Waals surface area contributed by atoms with Crippen LogP contribution in [0, 0.1) is 0 Å². The number of thiophene rings is 1. The zero-order chi connectivity index (χ0) is 34.2. The molecule has 8 aromatic carbocycles. The van der Waals surface area contributed by atoms with Crippen LogP contribution in [-0.2, 0) is 0 Å². The van der Waals surface area contributed by atoms with E-state index in [1.807, 2.05) is 53.8 Å². The van der Waals surface area contributed by atoms with Crippen molar-refractivity contribution in [2.24, 2.45) is 0 Å². The first kappa shape index (κ1) is 29.1. The van der Waals surface area contributed by atoms with Gasteiger partial charge in [-0.15, -0.1) is 11.3 Å². The van der Waals surface area contributed by atoms with Gasteiger partial charge in [-0.05, 0) is 75.1 Å². The molecule has 5 heteroatoms. The van der Waals surface area contributed by atoms with E-state index in [1.54, 1.807) is 0 Å². The van der Waals surface area contributed by atoms with Crippen LogP contribution in [0.25, 0.3) is 109 Å². The van der Waals surface area contributed by atoms with Crippen molar-refractivity contribution in [3.05, 3.63) is 164 Å². The fourth-order valence-corrected chi connectivity index (χ4v) is 8.69. The number of furan rings is 1. The number of hydrogen-bond acceptors (Lipinski definition) is 5. The molecule has 0 aliphatic heterocycles. The third-order valence-corrected chi connectivity index (χ3v) is 11.2. The molecule has 0 amide bonds. The second-order valence-electron chi connectivity index (χ2n) is 13.2. The first-order valence-electron chi connectivity index (χ1n) is 17.3. The maximum Gasteiger partial charge on any atom is 0.164 e. The molecule has 11 aromatic rings. The molecule has 0 atom stereocenters. The van der Waals surface area contributed by atoms with Gasteiger partial charge in [-0.2, -0.15) is 0 Å². The van der Waals surface area contributed by atoms with Crippen LogP contribution >= 0.6 is 11.3 Å². The molecule has 4 nitrogen and oxygen atoms in total. The molecule has 3 heterocycles. The lowest BCUT2D eigenvalue weighted by molar-refractivity contribution is 0.669. The van der Waals surface area contributed by atoms with Gasteiger partial charge in [0.15, 0.2) is 17.5 Å². The van der Waals surface area contributed by atoms with Gasteiger partial charge in [0, 0.05) is 47.6 Å². The van der Waals surface area contributed by atoms with Crippen LogP contribution in [0.1, 0.15) is 0 Å². The molecule has 0 fully saturated rings. The Kier molecular flexibility index (Phi) is 6.39. The Balaban J connectivity index is 1.11. The molecule has 0 unspecified atom stereocenters. The van der Waals surface area contributed by atoms with Gasteiger partial charge in [0.1, 0.15) is 11.2 Å². The van der Waals surface area contributed by atoms with Crippen LogP contribution in [0.5, 0.6) is 0 Å². The van der Waals surface area contributed by atoms with Gasteiger partial charge in [0.05, 0.1) is 0 Å². The number of fused-ring (bicyclic) bond motifs is 9. The summed E-state index contributed by atoms with van der Waals surface area (Å²) in [7, 11) is 0. The van der Waals surface area contributed by atoms with Gasteiger partial charge >= 0.3 is 0 Å². The van der Waals surface area contributed by atoms with Crippen LogP contribution in [0.2, 0.25) is 0 Å². The normalized spacial score (nSPS) is 11.8. The first-order chi connectivity index (χ1) is 25.7. The van der Waals surface area contributed by atoms with Gasteiger partial charge in [0.2, 0.25) is 0 Å². The van der Waals surface area contributed by atoms with E-state index in [0.717, 1.165) is 49.6 Å². The molecule has 0 saturated heterocycles. The molecule has 0 N–H and O–H groups in total. The van der Waals surface area contributed by atoms with Gasteiger partial charge in [-0.1, -0.05) is 121 Å². The average molecular weight is 682 g/mol. The Bertz CT molecular complexity index is 3200. The van der Waals surface area contributed by atoms with Crippen LogP contribution in [0.15, 0.2) is 168 Å². The summed E-state index contributed by atoms with van der Waals surface area (Å²) >= 11 is 1.85. The van der Waals surface area contributed by atoms with Crippen LogP contribution in [0.3, 0.4) is 0 Å². The molecule has 0 saturated carbocycles. The van der Waals surface area contributed by atoms with Crippen molar-refractivity contribution in [1.29, 1.82) is 0 Å². The van der Waals surface area contributed by atoms with E-state index in [-0.39, 0.29) is 0 Å². The SMILES string of the molecule is c1ccc(-c2nc(-c3ccc4ccccc4c3)nc(-c3cccc4oc5ccc(-c6ccc7sc8ccc9ccccc9c8c7c6)cc5c34)n2)cc1. The maximum atomic E-state index is 6.48. The predicted molar refractivity (Wildman–Crippen MR) is 217 cm³/mol. The van der Waals surface area contributed by atoms with E-state index in [4.69, 9.17) is 19.4 Å². The largest absolute Gasteiger partial charge is 0.456 e. The Morgan fingerprint density at radius 2 is 1.04 bits per heavy atom. The molecule has 0 aliphatic rings. The zero-order valence-electron chi connectivity index (χ0n) is 27.7. The van der Waals surface area contributed by atoms with Crippen LogP contribution in [-0.4, -0.2) is 15.0 Å². The third kappa shape index (κ3) is 4.64. The quantitative estimate of drug-likeness (QED) is 0.185. The Labute approximate surface area is 302 Å². The lowest BCUT2D eigenvalue weighted by atomic mass is 9.98. The monoisotopic (exact) mass is 681 g/mol. The molecular weight excluding hydrogens is 655 g/mol. The molecule has 0 radical (unpaired) electrons. The zero-order valence-corrected chi connectivity index (χ0v) is 28.6. The standard InChI is InChI=1S/C47H27N3OS/c1-2-11-30(12-3-1)45-48-46(34-18-17-28-9-4-5-13-31(28)25-34)50-47(49-45)36-15-8-16-40-43(36)37-26-32(19-22-39(37)51-40)33-21-23-41-38(27-33)44-35-14-7-6-10-29(35)20-24-42(44)52-41/h1-27H. The second-order valence-corrected chi connectivity index (χ2v) is 14.3. The fourth-order valence-electron chi connectivity index (χ4n) is 7.59. The van der Waals surface area contributed by atoms with Crippen molar-refractivity contribution in [2.75, 3.05) is 0 Å². The van der Waals surface area contributed by atoms with E-state index < -0.39 is 0 Å². The summed E-state index contributed by atoms with van der Waals surface area (Å²) < 4.78 is 9.08. The van der Waals surface area contributed by atoms with Gasteiger partial charge in [-0.3, -0.25) is 0 Å². The van der Waals surface area contributed by atoms with Crippen molar-refractivity contribution in [1.82, 2.24) is 15.0 Å². The average Bonchev–Trinajstić information content (AvgIpc) is 3.79. The summed E-state index contributed by atoms with van der Waals surface area (Å²) in [6.45, 7) is 0. The van der Waals surface area contributed by atoms with E-state index in [9.17, 15) is 0 Å². The fraction of sp³-hybridized carbons (Fsp3) is 0. The minimum atomic E-state index is 0.605. The minimum absolute atomic E-state index is 0.605. The Hall–Kier alpha value is -6.69. The number of nitrogens with zero attached hydrogens (tertiary/aromatic N) is 3. The van der Waals surface area contributed by atoms with E-state index in [1.165, 1.54) is 41.9 Å². The molecule has 242 valence electrons. The van der Waals surface area contributed by atoms with Crippen LogP contribution in [0.4, 0.5) is 0 Å². The highest BCUT2D eigenvalue weighted by Crippen LogP contribution is 2.42. The summed E-state index contributed by atoms with van der Waals surface area (Å²) in [5.41, 5.74) is 6.69. The molecule has 52 heavy (non-hydrogen) atoms. The van der Waals surface area contributed by atoms with Crippen molar-refractivity contribution >= 4 is 75.0 Å². The third-order valence-electron chi connectivity index (χ3n) is 10.1. The molecule has 0 aliphatic carbocycles. The number of aromatic nitrogens is 3. The molecular formula is C47H27N3OS. The van der Waals surface area contributed by atoms with Gasteiger partial charge < -0.3 is 4.42 Å². The summed E-state index contributed by atoms with van der Waals surface area (Å²) in [5.74, 6) is 1.86. The topological polar surface area (TPSA) is 51.8 Å². The summed E-state index contributed by atoms with van der Waals surface area (Å²) in [6, 6.07) is 57.5. The summed E-state index contributed by atoms with van der Waals surface area (Å²) in [5, 5.41) is 9.49. The van der Waals surface area contributed by atoms with Crippen LogP contribution < -0.4 is 0 Å². The second kappa shape index (κ2) is 11.4. The van der Waals surface area contributed by atoms with Crippen molar-refractivity contribution in [3.8, 4) is 45.3 Å². The first-order valence-corrected chi connectivity index (χ1v) is 18.2. The maximum absolute atomic E-state index is 6.48. The lowest BCUT2D eigenvalue weighted by Crippen LogP contribution is -2.00. The molecule has 11 rings (SSSR count). The van der Waals surface area contributed by atoms with E-state index >= 15 is 0 Å². The molecule has 3 aromatic heterocycles. The minimum Gasteiger partial charge on any atom is -0.456 e. The van der Waals surface area contributed by atoms with Gasteiger partial charge in [-0.25, -0.2) is 15.0 Å². The van der Waals surface area contributed by atoms with Crippen molar-refractivity contribution < 1.29 is 4.42 Å². The van der Waals surface area contributed by atoms with Gasteiger partial charge in [0.25, 0.3) is 0 Å². The molecule has 0 spiro atoms. The predicted octanol–water partition coefficient (Wildman–Crippen LogP) is 13.1. The smallest absolute Gasteiger partial charge is 0.164 e. The lowest BCUT2D eigenvalue weighted by Gasteiger charge is -2.10. The highest BCUT2D eigenvalue weighted by Gasteiger charge is 2.19. The van der Waals surface area contributed by atoms with Crippen molar-refractivity contribution in [3.63, 3.8) is 0 Å². The summed E-state index contributed by atoms with van der Waals surface area (Å²) in [6.07, 6.45) is 0. The highest BCUT2D eigenvalue weighted by molar-refractivity contribution is 7.26. The molecule has 0 bridgehead atoms. The van der Waals surface area contributed by atoms with E-state index in [0.29, 0.717) is 17.5 Å². The Morgan fingerprint density at radius 1 is 0.365 bits per heavy atom. The summed E-state index contributed by atoms with van der Waals surface area (Å²) in [4.78, 5) is 15.2.